The summed E-state index contributed by atoms with van der Waals surface area (Å²) < 4.78 is 15.4. The molecule has 0 radical (unpaired) electrons. The van der Waals surface area contributed by atoms with Gasteiger partial charge in [-0.1, -0.05) is 60.7 Å². The van der Waals surface area contributed by atoms with Crippen LogP contribution in [-0.2, 0) is 24.2 Å². The maximum Gasteiger partial charge on any atom is 0.231 e. The van der Waals surface area contributed by atoms with Crippen molar-refractivity contribution in [3.8, 4) is 11.3 Å². The SMILES string of the molecule is O=C(Cc1csc(Cc2ccccc2)n1)Nc1c(-c2ccc(F)cc2)ncn1Cc1ccccc1. The van der Waals surface area contributed by atoms with Gasteiger partial charge in [0.1, 0.15) is 17.3 Å². The zero-order valence-electron chi connectivity index (χ0n) is 18.9. The van der Waals surface area contributed by atoms with Crippen molar-refractivity contribution >= 4 is 23.1 Å². The molecule has 0 aliphatic carbocycles. The number of nitrogens with zero attached hydrogens (tertiary/aromatic N) is 3. The second-order valence-corrected chi connectivity index (χ2v) is 9.12. The summed E-state index contributed by atoms with van der Waals surface area (Å²) in [6, 6.07) is 26.2. The molecule has 0 spiro atoms. The van der Waals surface area contributed by atoms with Crippen molar-refractivity contribution in [2.24, 2.45) is 0 Å². The summed E-state index contributed by atoms with van der Waals surface area (Å²) in [6.45, 7) is 0.544. The third-order valence-electron chi connectivity index (χ3n) is 5.55. The second kappa shape index (κ2) is 10.4. The molecule has 0 fully saturated rings. The monoisotopic (exact) mass is 482 g/mol. The number of thiazole rings is 1. The van der Waals surface area contributed by atoms with Crippen LogP contribution >= 0.6 is 11.3 Å². The van der Waals surface area contributed by atoms with Crippen molar-refractivity contribution in [2.75, 3.05) is 5.32 Å². The van der Waals surface area contributed by atoms with Gasteiger partial charge in [0.25, 0.3) is 0 Å². The van der Waals surface area contributed by atoms with Crippen LogP contribution in [0.25, 0.3) is 11.3 Å². The number of hydrogen-bond donors (Lipinski definition) is 1. The summed E-state index contributed by atoms with van der Waals surface area (Å²) in [6.07, 6.45) is 2.60. The molecule has 1 amide bonds. The van der Waals surface area contributed by atoms with Crippen LogP contribution < -0.4 is 5.32 Å². The van der Waals surface area contributed by atoms with Gasteiger partial charge >= 0.3 is 0 Å². The van der Waals surface area contributed by atoms with E-state index in [4.69, 9.17) is 0 Å². The van der Waals surface area contributed by atoms with Crippen LogP contribution in [0.5, 0.6) is 0 Å². The predicted octanol–water partition coefficient (Wildman–Crippen LogP) is 5.97. The first-order valence-electron chi connectivity index (χ1n) is 11.3. The van der Waals surface area contributed by atoms with Crippen molar-refractivity contribution in [2.45, 2.75) is 19.4 Å². The van der Waals surface area contributed by atoms with Crippen LogP contribution in [0.1, 0.15) is 21.8 Å². The van der Waals surface area contributed by atoms with E-state index in [2.05, 4.69) is 27.4 Å². The third kappa shape index (κ3) is 5.70. The van der Waals surface area contributed by atoms with Gasteiger partial charge in [0, 0.05) is 17.4 Å². The molecule has 5 rings (SSSR count). The van der Waals surface area contributed by atoms with Gasteiger partial charge in [-0.05, 0) is 35.4 Å². The largest absolute Gasteiger partial charge is 0.312 e. The van der Waals surface area contributed by atoms with Crippen LogP contribution in [0.4, 0.5) is 10.2 Å². The number of rotatable bonds is 8. The lowest BCUT2D eigenvalue weighted by atomic mass is 10.1. The molecule has 0 unspecified atom stereocenters. The summed E-state index contributed by atoms with van der Waals surface area (Å²) in [5.41, 5.74) is 4.32. The number of anilines is 1. The Morgan fingerprint density at radius 2 is 1.60 bits per heavy atom. The Bertz CT molecular complexity index is 1410. The molecule has 2 heterocycles. The fourth-order valence-electron chi connectivity index (χ4n) is 3.85. The van der Waals surface area contributed by atoms with Crippen molar-refractivity contribution < 1.29 is 9.18 Å². The summed E-state index contributed by atoms with van der Waals surface area (Å²) in [4.78, 5) is 22.2. The standard InChI is InChI=1S/C28H23FN4OS/c29-23-13-11-22(12-14-23)27-28(33(19-30-27)17-21-9-5-2-6-10-21)32-25(34)16-24-18-35-26(31-24)15-20-7-3-1-4-8-20/h1-14,18-19H,15-17H2,(H,32,34). The predicted molar refractivity (Wildman–Crippen MR) is 137 cm³/mol. The Balaban J connectivity index is 1.35. The Hall–Kier alpha value is -4.10. The summed E-state index contributed by atoms with van der Waals surface area (Å²) in [5.74, 6) is 0.0721. The highest BCUT2D eigenvalue weighted by molar-refractivity contribution is 7.09. The van der Waals surface area contributed by atoms with E-state index >= 15 is 0 Å². The second-order valence-electron chi connectivity index (χ2n) is 8.18. The summed E-state index contributed by atoms with van der Waals surface area (Å²) in [5, 5.41) is 5.94. The van der Waals surface area contributed by atoms with Crippen molar-refractivity contribution in [1.29, 1.82) is 0 Å². The fourth-order valence-corrected chi connectivity index (χ4v) is 4.68. The number of imidazole rings is 1. The van der Waals surface area contributed by atoms with Crippen LogP contribution in [0.15, 0.2) is 96.6 Å². The minimum atomic E-state index is -0.321. The molecule has 3 aromatic carbocycles. The van der Waals surface area contributed by atoms with Gasteiger partial charge in [0.05, 0.1) is 30.0 Å². The molecule has 2 aromatic heterocycles. The first kappa shape index (κ1) is 22.7. The molecule has 0 aliphatic rings. The molecule has 0 atom stereocenters. The lowest BCUT2D eigenvalue weighted by Crippen LogP contribution is -2.18. The number of carbonyl (C=O) groups excluding carboxylic acids is 1. The fraction of sp³-hybridized carbons (Fsp3) is 0.107. The van der Waals surface area contributed by atoms with E-state index in [-0.39, 0.29) is 18.1 Å². The molecule has 35 heavy (non-hydrogen) atoms. The van der Waals surface area contributed by atoms with E-state index in [0.29, 0.717) is 18.1 Å². The first-order chi connectivity index (χ1) is 17.1. The van der Waals surface area contributed by atoms with E-state index in [1.807, 2.05) is 58.5 Å². The molecule has 1 N–H and O–H groups in total. The smallest absolute Gasteiger partial charge is 0.231 e. The molecule has 0 bridgehead atoms. The maximum absolute atomic E-state index is 13.5. The lowest BCUT2D eigenvalue weighted by molar-refractivity contribution is -0.115. The summed E-state index contributed by atoms with van der Waals surface area (Å²) in [7, 11) is 0. The molecule has 0 saturated heterocycles. The van der Waals surface area contributed by atoms with E-state index in [0.717, 1.165) is 28.2 Å². The summed E-state index contributed by atoms with van der Waals surface area (Å²) >= 11 is 1.56. The topological polar surface area (TPSA) is 59.8 Å². The van der Waals surface area contributed by atoms with E-state index < -0.39 is 0 Å². The Labute approximate surface area is 206 Å². The van der Waals surface area contributed by atoms with Crippen molar-refractivity contribution in [3.63, 3.8) is 0 Å². The van der Waals surface area contributed by atoms with Gasteiger partial charge in [-0.2, -0.15) is 0 Å². The Morgan fingerprint density at radius 3 is 2.31 bits per heavy atom. The molecule has 7 heteroatoms. The number of halogens is 1. The highest BCUT2D eigenvalue weighted by Crippen LogP contribution is 2.28. The average molecular weight is 483 g/mol. The van der Waals surface area contributed by atoms with Gasteiger partial charge in [-0.25, -0.2) is 14.4 Å². The molecule has 0 saturated carbocycles. The molecule has 5 aromatic rings. The van der Waals surface area contributed by atoms with Crippen LogP contribution in [0.2, 0.25) is 0 Å². The third-order valence-corrected chi connectivity index (χ3v) is 6.45. The van der Waals surface area contributed by atoms with Crippen LogP contribution in [-0.4, -0.2) is 20.4 Å². The molecular weight excluding hydrogens is 459 g/mol. The molecule has 0 aliphatic heterocycles. The highest BCUT2D eigenvalue weighted by atomic mass is 32.1. The van der Waals surface area contributed by atoms with Gasteiger partial charge in [0.15, 0.2) is 0 Å². The van der Waals surface area contributed by atoms with Crippen LogP contribution in [0.3, 0.4) is 0 Å². The van der Waals surface area contributed by atoms with Gasteiger partial charge in [0.2, 0.25) is 5.91 Å². The minimum absolute atomic E-state index is 0.157. The Kier molecular flexibility index (Phi) is 6.77. The number of aromatic nitrogens is 3. The number of benzene rings is 3. The molecule has 174 valence electrons. The van der Waals surface area contributed by atoms with Gasteiger partial charge in [-0.3, -0.25) is 4.79 Å². The van der Waals surface area contributed by atoms with Gasteiger partial charge < -0.3 is 9.88 Å². The average Bonchev–Trinajstić information content (AvgIpc) is 3.47. The lowest BCUT2D eigenvalue weighted by Gasteiger charge is -2.12. The minimum Gasteiger partial charge on any atom is -0.312 e. The van der Waals surface area contributed by atoms with E-state index in [1.165, 1.54) is 17.7 Å². The Morgan fingerprint density at radius 1 is 0.914 bits per heavy atom. The van der Waals surface area contributed by atoms with E-state index in [9.17, 15) is 9.18 Å². The maximum atomic E-state index is 13.5. The molecular formula is C28H23FN4OS. The number of hydrogen-bond acceptors (Lipinski definition) is 4. The zero-order chi connectivity index (χ0) is 24.0. The van der Waals surface area contributed by atoms with Crippen molar-refractivity contribution in [1.82, 2.24) is 14.5 Å². The van der Waals surface area contributed by atoms with E-state index in [1.54, 1.807) is 29.8 Å². The zero-order valence-corrected chi connectivity index (χ0v) is 19.7. The highest BCUT2D eigenvalue weighted by Gasteiger charge is 2.17. The van der Waals surface area contributed by atoms with Crippen LogP contribution in [0, 0.1) is 5.82 Å². The van der Waals surface area contributed by atoms with Gasteiger partial charge in [-0.15, -0.1) is 11.3 Å². The number of amides is 1. The first-order valence-corrected chi connectivity index (χ1v) is 12.1. The number of carbonyl (C=O) groups is 1. The normalized spacial score (nSPS) is 10.9. The quantitative estimate of drug-likeness (QED) is 0.297. The molecule has 5 nitrogen and oxygen atoms in total. The number of nitrogens with one attached hydrogen (secondary N) is 1. The van der Waals surface area contributed by atoms with Crippen molar-refractivity contribution in [3.05, 3.63) is 124 Å².